The largest absolute Gasteiger partial charge is 0.484 e. The molecule has 1 aromatic rings. The van der Waals surface area contributed by atoms with E-state index in [1.165, 1.54) is 0 Å². The van der Waals surface area contributed by atoms with E-state index in [0.29, 0.717) is 38.5 Å². The fourth-order valence-electron chi connectivity index (χ4n) is 3.30. The Labute approximate surface area is 194 Å². The monoisotopic (exact) mass is 531 g/mol. The highest BCUT2D eigenvalue weighted by atomic mass is 127. The molecule has 1 atom stereocenters. The number of piperazine rings is 1. The highest BCUT2D eigenvalue weighted by Crippen LogP contribution is 2.19. The molecule has 166 valence electrons. The first kappa shape index (κ1) is 24.0. The van der Waals surface area contributed by atoms with Gasteiger partial charge in [0.2, 0.25) is 0 Å². The van der Waals surface area contributed by atoms with Crippen molar-refractivity contribution in [1.29, 1.82) is 0 Å². The maximum Gasteiger partial charge on any atom is 0.410 e. The van der Waals surface area contributed by atoms with Gasteiger partial charge in [-0.15, -0.1) is 24.0 Å². The Morgan fingerprint density at radius 3 is 2.77 bits per heavy atom. The number of hydrogen-bond donors (Lipinski definition) is 2. The summed E-state index contributed by atoms with van der Waals surface area (Å²) < 4.78 is 10.8. The number of rotatable bonds is 5. The molecule has 0 saturated carbocycles. The molecule has 10 heteroatoms. The van der Waals surface area contributed by atoms with Crippen LogP contribution in [0.15, 0.2) is 29.3 Å². The molecule has 2 heterocycles. The first-order chi connectivity index (χ1) is 13.7. The summed E-state index contributed by atoms with van der Waals surface area (Å²) in [6, 6.07) is 7.64. The van der Waals surface area contributed by atoms with Crippen LogP contribution in [0.2, 0.25) is 0 Å². The van der Waals surface area contributed by atoms with Crippen LogP contribution in [-0.4, -0.2) is 72.2 Å². The maximum atomic E-state index is 12.3. The van der Waals surface area contributed by atoms with Crippen LogP contribution >= 0.6 is 24.0 Å². The standard InChI is InChI=1S/C20H29N5O4.HI/c1-20(2,3)29-19(27)24-7-8-25-15(12-24)11-23-18(25)22-10-14-5-4-6-16(9-14)28-13-17(21)26;/h4-6,9,15H,7-8,10-13H2,1-3H3,(H2,21,26)(H,22,23);1H. The minimum absolute atomic E-state index is 0. The fraction of sp³-hybridized carbons (Fsp3) is 0.550. The number of primary amides is 1. The van der Waals surface area contributed by atoms with Crippen molar-refractivity contribution in [3.8, 4) is 5.75 Å². The number of carbonyl (C=O) groups is 2. The van der Waals surface area contributed by atoms with Gasteiger partial charge in [0, 0.05) is 26.2 Å². The van der Waals surface area contributed by atoms with Crippen LogP contribution in [0, 0.1) is 0 Å². The lowest BCUT2D eigenvalue weighted by atomic mass is 10.2. The van der Waals surface area contributed by atoms with E-state index in [1.807, 2.05) is 39.0 Å². The first-order valence-corrected chi connectivity index (χ1v) is 9.74. The van der Waals surface area contributed by atoms with Crippen LogP contribution in [-0.2, 0) is 16.1 Å². The molecular formula is C20H30IN5O4. The van der Waals surface area contributed by atoms with Gasteiger partial charge >= 0.3 is 6.09 Å². The molecule has 2 aliphatic heterocycles. The van der Waals surface area contributed by atoms with Gasteiger partial charge in [-0.2, -0.15) is 0 Å². The summed E-state index contributed by atoms with van der Waals surface area (Å²) >= 11 is 0. The van der Waals surface area contributed by atoms with Crippen LogP contribution in [0.4, 0.5) is 4.79 Å². The Hall–Kier alpha value is -2.24. The van der Waals surface area contributed by atoms with Gasteiger partial charge in [-0.3, -0.25) is 9.79 Å². The number of nitrogens with one attached hydrogen (secondary N) is 1. The number of amides is 2. The predicted molar refractivity (Wildman–Crippen MR) is 124 cm³/mol. The zero-order chi connectivity index (χ0) is 21.0. The molecule has 3 rings (SSSR count). The lowest BCUT2D eigenvalue weighted by Crippen LogP contribution is -2.57. The normalized spacial score (nSPS) is 18.1. The quantitative estimate of drug-likeness (QED) is 0.559. The fourth-order valence-corrected chi connectivity index (χ4v) is 3.30. The molecule has 1 fully saturated rings. The van der Waals surface area contributed by atoms with Crippen molar-refractivity contribution in [2.45, 2.75) is 39.0 Å². The molecular weight excluding hydrogens is 501 g/mol. The van der Waals surface area contributed by atoms with Crippen molar-refractivity contribution < 1.29 is 19.1 Å². The summed E-state index contributed by atoms with van der Waals surface area (Å²) in [5.41, 5.74) is 5.62. The second-order valence-electron chi connectivity index (χ2n) is 8.19. The van der Waals surface area contributed by atoms with Crippen molar-refractivity contribution in [3.63, 3.8) is 0 Å². The molecule has 2 aliphatic rings. The third-order valence-electron chi connectivity index (χ3n) is 4.59. The van der Waals surface area contributed by atoms with Crippen molar-refractivity contribution in [2.24, 2.45) is 10.7 Å². The summed E-state index contributed by atoms with van der Waals surface area (Å²) in [7, 11) is 0. The van der Waals surface area contributed by atoms with Gasteiger partial charge in [0.25, 0.3) is 5.91 Å². The Bertz CT molecular complexity index is 796. The van der Waals surface area contributed by atoms with Crippen molar-refractivity contribution in [2.75, 3.05) is 32.8 Å². The second kappa shape index (κ2) is 10.2. The van der Waals surface area contributed by atoms with E-state index in [1.54, 1.807) is 11.0 Å². The van der Waals surface area contributed by atoms with Crippen molar-refractivity contribution >= 4 is 41.9 Å². The Kier molecular flexibility index (Phi) is 8.16. The van der Waals surface area contributed by atoms with Gasteiger partial charge in [-0.25, -0.2) is 4.79 Å². The van der Waals surface area contributed by atoms with E-state index in [2.05, 4.69) is 15.2 Å². The highest BCUT2D eigenvalue weighted by molar-refractivity contribution is 14.0. The van der Waals surface area contributed by atoms with Crippen molar-refractivity contribution in [1.82, 2.24) is 15.1 Å². The average Bonchev–Trinajstić information content (AvgIpc) is 3.06. The summed E-state index contributed by atoms with van der Waals surface area (Å²) in [5, 5.41) is 3.37. The molecule has 1 unspecified atom stereocenters. The number of fused-ring (bicyclic) bond motifs is 1. The first-order valence-electron chi connectivity index (χ1n) is 9.74. The summed E-state index contributed by atoms with van der Waals surface area (Å²) in [5.74, 6) is 0.924. The van der Waals surface area contributed by atoms with Gasteiger partial charge in [0.15, 0.2) is 12.6 Å². The Morgan fingerprint density at radius 2 is 2.07 bits per heavy atom. The van der Waals surface area contributed by atoms with E-state index in [9.17, 15) is 9.59 Å². The highest BCUT2D eigenvalue weighted by Gasteiger charge is 2.36. The molecule has 0 spiro atoms. The lowest BCUT2D eigenvalue weighted by Gasteiger charge is -2.39. The van der Waals surface area contributed by atoms with Crippen LogP contribution in [0.3, 0.4) is 0 Å². The van der Waals surface area contributed by atoms with Gasteiger partial charge in [0.05, 0.1) is 12.6 Å². The SMILES string of the molecule is CC(C)(C)OC(=O)N1CCN2C(NCc3cccc(OCC(N)=O)c3)=NCC2C1.I. The van der Waals surface area contributed by atoms with E-state index < -0.39 is 11.5 Å². The lowest BCUT2D eigenvalue weighted by molar-refractivity contribution is -0.119. The summed E-state index contributed by atoms with van der Waals surface area (Å²) in [4.78, 5) is 31.7. The molecule has 0 radical (unpaired) electrons. The van der Waals surface area contributed by atoms with E-state index in [0.717, 1.165) is 11.5 Å². The Balaban J connectivity index is 0.00000320. The van der Waals surface area contributed by atoms with Crippen LogP contribution in [0.1, 0.15) is 26.3 Å². The number of hydrogen-bond acceptors (Lipinski definition) is 7. The van der Waals surface area contributed by atoms with Gasteiger partial charge in [-0.1, -0.05) is 12.1 Å². The number of guanidine groups is 1. The van der Waals surface area contributed by atoms with Gasteiger partial charge in [-0.05, 0) is 38.5 Å². The summed E-state index contributed by atoms with van der Waals surface area (Å²) in [6.45, 7) is 8.59. The number of benzene rings is 1. The predicted octanol–water partition coefficient (Wildman–Crippen LogP) is 1.55. The third kappa shape index (κ3) is 6.64. The zero-order valence-electron chi connectivity index (χ0n) is 17.6. The molecule has 30 heavy (non-hydrogen) atoms. The number of carbonyl (C=O) groups excluding carboxylic acids is 2. The van der Waals surface area contributed by atoms with Gasteiger partial charge < -0.3 is 30.3 Å². The number of ether oxygens (including phenoxy) is 2. The molecule has 0 aliphatic carbocycles. The maximum absolute atomic E-state index is 12.3. The minimum Gasteiger partial charge on any atom is -0.484 e. The van der Waals surface area contributed by atoms with E-state index in [4.69, 9.17) is 15.2 Å². The van der Waals surface area contributed by atoms with Crippen molar-refractivity contribution in [3.05, 3.63) is 29.8 Å². The molecule has 3 N–H and O–H groups in total. The average molecular weight is 531 g/mol. The summed E-state index contributed by atoms with van der Waals surface area (Å²) in [6.07, 6.45) is -0.272. The van der Waals surface area contributed by atoms with E-state index >= 15 is 0 Å². The molecule has 1 aromatic carbocycles. The molecule has 2 amide bonds. The smallest absolute Gasteiger partial charge is 0.410 e. The number of nitrogens with zero attached hydrogens (tertiary/aromatic N) is 3. The molecule has 0 aromatic heterocycles. The molecule has 0 bridgehead atoms. The molecule has 9 nitrogen and oxygen atoms in total. The third-order valence-corrected chi connectivity index (χ3v) is 4.59. The number of nitrogens with two attached hydrogens (primary N) is 1. The van der Waals surface area contributed by atoms with Crippen LogP contribution in [0.25, 0.3) is 0 Å². The zero-order valence-corrected chi connectivity index (χ0v) is 19.9. The van der Waals surface area contributed by atoms with E-state index in [-0.39, 0.29) is 42.7 Å². The topological polar surface area (TPSA) is 109 Å². The number of halogens is 1. The van der Waals surface area contributed by atoms with Gasteiger partial charge in [0.1, 0.15) is 11.4 Å². The van der Waals surface area contributed by atoms with Crippen LogP contribution < -0.4 is 15.8 Å². The van der Waals surface area contributed by atoms with Crippen LogP contribution in [0.5, 0.6) is 5.75 Å². The molecule has 1 saturated heterocycles. The minimum atomic E-state index is -0.509. The number of aliphatic imine (C=N–C) groups is 1. The Morgan fingerprint density at radius 1 is 1.30 bits per heavy atom. The second-order valence-corrected chi connectivity index (χ2v) is 8.19.